The smallest absolute Gasteiger partial charge is 0.244 e. The molecule has 7 heteroatoms. The molecule has 3 aromatic rings. The first-order valence-corrected chi connectivity index (χ1v) is 13.4. The van der Waals surface area contributed by atoms with E-state index in [2.05, 4.69) is 29.6 Å². The third kappa shape index (κ3) is 9.46. The lowest BCUT2D eigenvalue weighted by Crippen LogP contribution is -2.49. The minimum atomic E-state index is -0.350. The molecule has 0 radical (unpaired) electrons. The molecule has 0 bridgehead atoms. The monoisotopic (exact) mass is 530 g/mol. The Bertz CT molecular complexity index is 1150. The van der Waals surface area contributed by atoms with Crippen LogP contribution in [0.2, 0.25) is 0 Å². The van der Waals surface area contributed by atoms with Gasteiger partial charge in [0.2, 0.25) is 11.8 Å². The third-order valence-corrected chi connectivity index (χ3v) is 6.80. The number of rotatable bonds is 14. The first kappa shape index (κ1) is 29.7. The second kappa shape index (κ2) is 15.6. The molecular weight excluding hydrogens is 491 g/mol. The maximum Gasteiger partial charge on any atom is 0.244 e. The Morgan fingerprint density at radius 3 is 2.08 bits per heavy atom. The predicted molar refractivity (Wildman–Crippen MR) is 156 cm³/mol. The van der Waals surface area contributed by atoms with Crippen molar-refractivity contribution in [2.75, 3.05) is 40.3 Å². The minimum Gasteiger partial charge on any atom is -0.351 e. The summed E-state index contributed by atoms with van der Waals surface area (Å²) < 4.78 is 13.1. The van der Waals surface area contributed by atoms with Gasteiger partial charge in [0.05, 0.1) is 6.04 Å². The summed E-state index contributed by atoms with van der Waals surface area (Å²) in [7, 11) is 3.76. The van der Waals surface area contributed by atoms with Crippen LogP contribution in [0.25, 0.3) is 6.08 Å². The van der Waals surface area contributed by atoms with Crippen molar-refractivity contribution in [3.05, 3.63) is 114 Å². The summed E-state index contributed by atoms with van der Waals surface area (Å²) in [5.74, 6) is -0.484. The molecule has 6 nitrogen and oxygen atoms in total. The molecule has 0 aliphatic heterocycles. The van der Waals surface area contributed by atoms with Crippen molar-refractivity contribution in [1.82, 2.24) is 15.1 Å². The van der Waals surface area contributed by atoms with Gasteiger partial charge in [-0.1, -0.05) is 72.8 Å². The van der Waals surface area contributed by atoms with E-state index in [0.29, 0.717) is 32.6 Å². The zero-order valence-electron chi connectivity index (χ0n) is 22.8. The van der Waals surface area contributed by atoms with Gasteiger partial charge in [0.1, 0.15) is 5.82 Å². The van der Waals surface area contributed by atoms with E-state index in [-0.39, 0.29) is 29.6 Å². The summed E-state index contributed by atoms with van der Waals surface area (Å²) in [4.78, 5) is 29.7. The molecule has 206 valence electrons. The minimum absolute atomic E-state index is 0.0327. The van der Waals surface area contributed by atoms with Gasteiger partial charge >= 0.3 is 0 Å². The molecule has 39 heavy (non-hydrogen) atoms. The van der Waals surface area contributed by atoms with E-state index in [0.717, 1.165) is 23.1 Å². The lowest BCUT2D eigenvalue weighted by atomic mass is 9.90. The number of halogens is 1. The van der Waals surface area contributed by atoms with Crippen LogP contribution < -0.4 is 11.1 Å². The number of hydrogen-bond acceptors (Lipinski definition) is 4. The SMILES string of the molecule is CN(CC(c1ccccc1)c1ccccc1)C(=O)[C@H](CCCN)N(C)CCNC(=O)/C=C/c1ccc(F)cc1. The van der Waals surface area contributed by atoms with Crippen molar-refractivity contribution in [1.29, 1.82) is 0 Å². The molecule has 0 spiro atoms. The molecule has 1 atom stereocenters. The largest absolute Gasteiger partial charge is 0.351 e. The summed E-state index contributed by atoms with van der Waals surface area (Å²) in [6.45, 7) is 1.94. The fraction of sp³-hybridized carbons (Fsp3) is 0.312. The maximum absolute atomic E-state index is 13.7. The standard InChI is InChI=1S/C32H39FN4O2/c1-36(23-22-35-31(38)20-17-25-15-18-28(33)19-16-25)30(14-9-21-34)32(39)37(2)24-29(26-10-5-3-6-11-26)27-12-7-4-8-13-27/h3-8,10-13,15-20,29-30H,9,14,21-24,34H2,1-2H3,(H,35,38)/b20-17+/t30-/m0/s1. The molecule has 0 aromatic heterocycles. The summed E-state index contributed by atoms with van der Waals surface area (Å²) in [6, 6.07) is 26.0. The van der Waals surface area contributed by atoms with Crippen LogP contribution in [-0.4, -0.2) is 67.9 Å². The number of carbonyl (C=O) groups is 2. The molecule has 3 rings (SSSR count). The van der Waals surface area contributed by atoms with E-state index in [4.69, 9.17) is 5.73 Å². The van der Waals surface area contributed by atoms with Crippen molar-refractivity contribution in [3.8, 4) is 0 Å². The summed E-state index contributed by atoms with van der Waals surface area (Å²) >= 11 is 0. The Kier molecular flexibility index (Phi) is 11.9. The van der Waals surface area contributed by atoms with Crippen molar-refractivity contribution in [2.45, 2.75) is 24.8 Å². The van der Waals surface area contributed by atoms with Crippen LogP contribution in [0.5, 0.6) is 0 Å². The van der Waals surface area contributed by atoms with Gasteiger partial charge in [-0.2, -0.15) is 0 Å². The molecule has 0 fully saturated rings. The summed E-state index contributed by atoms with van der Waals surface area (Å²) in [5.41, 5.74) is 8.84. The van der Waals surface area contributed by atoms with Gasteiger partial charge in [-0.25, -0.2) is 4.39 Å². The highest BCUT2D eigenvalue weighted by molar-refractivity contribution is 5.91. The number of nitrogens with one attached hydrogen (secondary N) is 1. The second-order valence-electron chi connectivity index (χ2n) is 9.70. The van der Waals surface area contributed by atoms with Crippen molar-refractivity contribution < 1.29 is 14.0 Å². The van der Waals surface area contributed by atoms with E-state index in [1.807, 2.05) is 60.3 Å². The molecule has 3 N–H and O–H groups in total. The highest BCUT2D eigenvalue weighted by Gasteiger charge is 2.28. The number of benzene rings is 3. The lowest BCUT2D eigenvalue weighted by molar-refractivity contribution is -0.135. The molecule has 0 aliphatic carbocycles. The average molecular weight is 531 g/mol. The Hall–Kier alpha value is -3.81. The highest BCUT2D eigenvalue weighted by atomic mass is 19.1. The van der Waals surface area contributed by atoms with Crippen LogP contribution in [0.4, 0.5) is 4.39 Å². The molecule has 0 aliphatic rings. The lowest BCUT2D eigenvalue weighted by Gasteiger charge is -2.33. The van der Waals surface area contributed by atoms with E-state index < -0.39 is 0 Å². The number of amides is 2. The first-order chi connectivity index (χ1) is 18.9. The number of carbonyl (C=O) groups excluding carboxylic acids is 2. The van der Waals surface area contributed by atoms with Crippen molar-refractivity contribution >= 4 is 17.9 Å². The Morgan fingerprint density at radius 2 is 1.51 bits per heavy atom. The second-order valence-corrected chi connectivity index (χ2v) is 9.70. The molecule has 0 heterocycles. The van der Waals surface area contributed by atoms with Crippen molar-refractivity contribution in [3.63, 3.8) is 0 Å². The van der Waals surface area contributed by atoms with Crippen LogP contribution >= 0.6 is 0 Å². The van der Waals surface area contributed by atoms with Gasteiger partial charge in [-0.3, -0.25) is 14.5 Å². The van der Waals surface area contributed by atoms with Gasteiger partial charge in [-0.05, 0) is 61.3 Å². The molecular formula is C32H39FN4O2. The molecule has 2 amide bonds. The highest BCUT2D eigenvalue weighted by Crippen LogP contribution is 2.26. The summed E-state index contributed by atoms with van der Waals surface area (Å²) in [6.07, 6.45) is 4.42. The van der Waals surface area contributed by atoms with Crippen LogP contribution in [0.15, 0.2) is 91.0 Å². The van der Waals surface area contributed by atoms with E-state index >= 15 is 0 Å². The third-order valence-electron chi connectivity index (χ3n) is 6.80. The Labute approximate surface area is 231 Å². The van der Waals surface area contributed by atoms with Crippen LogP contribution in [0, 0.1) is 5.82 Å². The van der Waals surface area contributed by atoms with Crippen LogP contribution in [0.3, 0.4) is 0 Å². The van der Waals surface area contributed by atoms with Gasteiger partial charge in [-0.15, -0.1) is 0 Å². The fourth-order valence-corrected chi connectivity index (χ4v) is 4.55. The van der Waals surface area contributed by atoms with Crippen LogP contribution in [0.1, 0.15) is 35.4 Å². The summed E-state index contributed by atoms with van der Waals surface area (Å²) in [5, 5.41) is 2.86. The molecule has 0 unspecified atom stereocenters. The molecule has 0 saturated heterocycles. The topological polar surface area (TPSA) is 78.7 Å². The van der Waals surface area contributed by atoms with E-state index in [9.17, 15) is 14.0 Å². The van der Waals surface area contributed by atoms with Crippen LogP contribution in [-0.2, 0) is 9.59 Å². The predicted octanol–water partition coefficient (Wildman–Crippen LogP) is 4.28. The fourth-order valence-electron chi connectivity index (χ4n) is 4.55. The molecule has 0 saturated carbocycles. The van der Waals surface area contributed by atoms with Gasteiger partial charge in [0.25, 0.3) is 0 Å². The number of nitrogens with two attached hydrogens (primary N) is 1. The average Bonchev–Trinajstić information content (AvgIpc) is 2.96. The normalized spacial score (nSPS) is 12.2. The maximum atomic E-state index is 13.7. The van der Waals surface area contributed by atoms with E-state index in [1.54, 1.807) is 18.2 Å². The first-order valence-electron chi connectivity index (χ1n) is 13.4. The van der Waals surface area contributed by atoms with Gasteiger partial charge < -0.3 is 16.0 Å². The molecule has 3 aromatic carbocycles. The Morgan fingerprint density at radius 1 is 0.923 bits per heavy atom. The number of likely N-dealkylation sites (N-methyl/N-ethyl adjacent to an activating group) is 2. The zero-order valence-corrected chi connectivity index (χ0v) is 22.8. The number of hydrogen-bond donors (Lipinski definition) is 2. The van der Waals surface area contributed by atoms with Gasteiger partial charge in [0.15, 0.2) is 0 Å². The van der Waals surface area contributed by atoms with Gasteiger partial charge in [0, 0.05) is 38.7 Å². The van der Waals surface area contributed by atoms with E-state index in [1.165, 1.54) is 18.2 Å². The number of nitrogens with zero attached hydrogens (tertiary/aromatic N) is 2. The van der Waals surface area contributed by atoms with Crippen molar-refractivity contribution in [2.24, 2.45) is 5.73 Å². The Balaban J connectivity index is 1.61. The zero-order chi connectivity index (χ0) is 28.0. The quantitative estimate of drug-likeness (QED) is 0.305.